The first-order valence-corrected chi connectivity index (χ1v) is 9.41. The lowest BCUT2D eigenvalue weighted by Gasteiger charge is -2.26. The van der Waals surface area contributed by atoms with E-state index in [1.807, 2.05) is 13.0 Å². The number of carbonyl (C=O) groups is 1. The second-order valence-electron chi connectivity index (χ2n) is 7.32. The van der Waals surface area contributed by atoms with Gasteiger partial charge in [0.2, 0.25) is 5.91 Å². The van der Waals surface area contributed by atoms with Crippen LogP contribution < -0.4 is 10.2 Å². The fraction of sp³-hybridized carbons (Fsp3) is 0.650. The van der Waals surface area contributed by atoms with Gasteiger partial charge in [0, 0.05) is 24.3 Å². The van der Waals surface area contributed by atoms with Crippen LogP contribution in [0.4, 0.5) is 5.69 Å². The number of amides is 1. The Morgan fingerprint density at radius 3 is 2.62 bits per heavy atom. The van der Waals surface area contributed by atoms with Gasteiger partial charge in [-0.05, 0) is 45.2 Å². The summed E-state index contributed by atoms with van der Waals surface area (Å²) in [5, 5.41) is 3.19. The Hall–Kier alpha value is -1.55. The molecule has 24 heavy (non-hydrogen) atoms. The van der Waals surface area contributed by atoms with Crippen molar-refractivity contribution in [3.63, 3.8) is 0 Å². The van der Waals surface area contributed by atoms with Crippen LogP contribution in [0.1, 0.15) is 52.4 Å². The van der Waals surface area contributed by atoms with Crippen LogP contribution in [-0.2, 0) is 9.53 Å². The molecule has 2 fully saturated rings. The summed E-state index contributed by atoms with van der Waals surface area (Å²) in [6.45, 7) is 4.98. The first-order chi connectivity index (χ1) is 11.6. The van der Waals surface area contributed by atoms with E-state index in [9.17, 15) is 4.79 Å². The summed E-state index contributed by atoms with van der Waals surface area (Å²) >= 11 is 0. The van der Waals surface area contributed by atoms with Crippen molar-refractivity contribution in [1.29, 1.82) is 0 Å². The van der Waals surface area contributed by atoms with Crippen LogP contribution in [-0.4, -0.2) is 36.7 Å². The summed E-state index contributed by atoms with van der Waals surface area (Å²) < 4.78 is 5.98. The minimum atomic E-state index is -0.353. The molecule has 0 radical (unpaired) electrons. The van der Waals surface area contributed by atoms with Crippen molar-refractivity contribution in [2.24, 2.45) is 0 Å². The first-order valence-electron chi connectivity index (χ1n) is 9.41. The molecule has 1 aromatic carbocycles. The lowest BCUT2D eigenvalue weighted by atomic mass is 9.97. The molecule has 1 aromatic rings. The highest BCUT2D eigenvalue weighted by Gasteiger charge is 2.31. The molecule has 1 heterocycles. The number of anilines is 1. The van der Waals surface area contributed by atoms with Gasteiger partial charge in [0.15, 0.2) is 0 Å². The maximum Gasteiger partial charge on any atom is 0.249 e. The third kappa shape index (κ3) is 4.29. The van der Waals surface area contributed by atoms with Gasteiger partial charge < -0.3 is 15.0 Å². The third-order valence-electron chi connectivity index (χ3n) is 5.33. The standard InChI is InChI=1S/C20H30N2O2/c1-15-13-17(14-22(15)18-9-5-3-6-10-18)21-20(23)16(2)24-19-11-7-4-8-12-19/h3,5-6,9-10,15-17,19H,4,7-8,11-14H2,1-2H3,(H,21,23). The lowest BCUT2D eigenvalue weighted by molar-refractivity contribution is -0.137. The number of nitrogens with zero attached hydrogens (tertiary/aromatic N) is 1. The second kappa shape index (κ2) is 8.02. The Morgan fingerprint density at radius 2 is 1.92 bits per heavy atom. The van der Waals surface area contributed by atoms with E-state index in [1.54, 1.807) is 0 Å². The summed E-state index contributed by atoms with van der Waals surface area (Å²) in [5.41, 5.74) is 1.23. The highest BCUT2D eigenvalue weighted by atomic mass is 16.5. The molecule has 3 unspecified atom stereocenters. The molecule has 4 nitrogen and oxygen atoms in total. The molecule has 132 valence electrons. The van der Waals surface area contributed by atoms with Crippen LogP contribution in [0.2, 0.25) is 0 Å². The number of benzene rings is 1. The Morgan fingerprint density at radius 1 is 1.21 bits per heavy atom. The fourth-order valence-electron chi connectivity index (χ4n) is 3.99. The molecule has 1 N–H and O–H groups in total. The number of hydrogen-bond donors (Lipinski definition) is 1. The molecule has 3 atom stereocenters. The molecule has 1 amide bonds. The van der Waals surface area contributed by atoms with Gasteiger partial charge in [0.25, 0.3) is 0 Å². The fourth-order valence-corrected chi connectivity index (χ4v) is 3.99. The number of carbonyl (C=O) groups excluding carboxylic acids is 1. The van der Waals surface area contributed by atoms with Crippen molar-refractivity contribution >= 4 is 11.6 Å². The summed E-state index contributed by atoms with van der Waals surface area (Å²) in [6.07, 6.45) is 6.85. The molecule has 1 saturated carbocycles. The van der Waals surface area contributed by atoms with Gasteiger partial charge in [-0.15, -0.1) is 0 Å². The molecule has 0 bridgehead atoms. The van der Waals surface area contributed by atoms with E-state index < -0.39 is 0 Å². The van der Waals surface area contributed by atoms with Crippen LogP contribution >= 0.6 is 0 Å². The van der Waals surface area contributed by atoms with Crippen LogP contribution in [0.3, 0.4) is 0 Å². The SMILES string of the molecule is CC(OC1CCCCC1)C(=O)NC1CC(C)N(c2ccccc2)C1. The van der Waals surface area contributed by atoms with Crippen molar-refractivity contribution in [2.75, 3.05) is 11.4 Å². The largest absolute Gasteiger partial charge is 0.367 e. The van der Waals surface area contributed by atoms with Crippen LogP contribution in [0.15, 0.2) is 30.3 Å². The Balaban J connectivity index is 1.49. The van der Waals surface area contributed by atoms with Gasteiger partial charge in [0.1, 0.15) is 6.10 Å². The van der Waals surface area contributed by atoms with Gasteiger partial charge in [-0.25, -0.2) is 0 Å². The van der Waals surface area contributed by atoms with E-state index in [0.717, 1.165) is 25.8 Å². The van der Waals surface area contributed by atoms with Gasteiger partial charge in [-0.2, -0.15) is 0 Å². The first kappa shape index (κ1) is 17.3. The summed E-state index contributed by atoms with van der Waals surface area (Å²) in [6, 6.07) is 11.1. The Labute approximate surface area is 145 Å². The highest BCUT2D eigenvalue weighted by Crippen LogP contribution is 2.25. The van der Waals surface area contributed by atoms with Crippen LogP contribution in [0.5, 0.6) is 0 Å². The quantitative estimate of drug-likeness (QED) is 0.898. The van der Waals surface area contributed by atoms with E-state index >= 15 is 0 Å². The molecular weight excluding hydrogens is 300 g/mol. The molecule has 4 heteroatoms. The average Bonchev–Trinajstić information content (AvgIpc) is 2.97. The van der Waals surface area contributed by atoms with E-state index in [0.29, 0.717) is 6.04 Å². The van der Waals surface area contributed by atoms with Crippen LogP contribution in [0.25, 0.3) is 0 Å². The number of para-hydroxylation sites is 1. The monoisotopic (exact) mass is 330 g/mol. The third-order valence-corrected chi connectivity index (χ3v) is 5.33. The summed E-state index contributed by atoms with van der Waals surface area (Å²) in [7, 11) is 0. The smallest absolute Gasteiger partial charge is 0.249 e. The zero-order chi connectivity index (χ0) is 16.9. The predicted molar refractivity (Wildman–Crippen MR) is 97.2 cm³/mol. The van der Waals surface area contributed by atoms with Crippen molar-refractivity contribution in [3.05, 3.63) is 30.3 Å². The van der Waals surface area contributed by atoms with E-state index in [1.165, 1.54) is 24.9 Å². The molecule has 0 spiro atoms. The second-order valence-corrected chi connectivity index (χ2v) is 7.32. The summed E-state index contributed by atoms with van der Waals surface area (Å²) in [5.74, 6) is 0.0349. The van der Waals surface area contributed by atoms with Gasteiger partial charge in [0.05, 0.1) is 6.10 Å². The topological polar surface area (TPSA) is 41.6 Å². The highest BCUT2D eigenvalue weighted by molar-refractivity contribution is 5.80. The van der Waals surface area contributed by atoms with Gasteiger partial charge in [-0.3, -0.25) is 4.79 Å². The van der Waals surface area contributed by atoms with Crippen LogP contribution in [0, 0.1) is 0 Å². The van der Waals surface area contributed by atoms with Crippen molar-refractivity contribution in [2.45, 2.75) is 76.7 Å². The number of rotatable bonds is 5. The Kier molecular flexibility index (Phi) is 5.77. The minimum Gasteiger partial charge on any atom is -0.367 e. The van der Waals surface area contributed by atoms with Crippen molar-refractivity contribution in [3.8, 4) is 0 Å². The maximum atomic E-state index is 12.5. The molecule has 3 rings (SSSR count). The lowest BCUT2D eigenvalue weighted by Crippen LogP contribution is -2.43. The average molecular weight is 330 g/mol. The molecule has 1 aliphatic heterocycles. The molecule has 1 aliphatic carbocycles. The van der Waals surface area contributed by atoms with Gasteiger partial charge >= 0.3 is 0 Å². The van der Waals surface area contributed by atoms with E-state index in [2.05, 4.69) is 41.4 Å². The van der Waals surface area contributed by atoms with E-state index in [-0.39, 0.29) is 24.2 Å². The summed E-state index contributed by atoms with van der Waals surface area (Å²) in [4.78, 5) is 14.8. The van der Waals surface area contributed by atoms with E-state index in [4.69, 9.17) is 4.74 Å². The number of ether oxygens (including phenoxy) is 1. The molecule has 2 aliphatic rings. The predicted octanol–water partition coefficient (Wildman–Crippen LogP) is 3.51. The van der Waals surface area contributed by atoms with Crippen molar-refractivity contribution < 1.29 is 9.53 Å². The molecule has 0 aromatic heterocycles. The van der Waals surface area contributed by atoms with Gasteiger partial charge in [-0.1, -0.05) is 37.5 Å². The maximum absolute atomic E-state index is 12.5. The molecular formula is C20H30N2O2. The minimum absolute atomic E-state index is 0.0349. The zero-order valence-corrected chi connectivity index (χ0v) is 14.9. The number of nitrogens with one attached hydrogen (secondary N) is 1. The Bertz CT molecular complexity index is 528. The number of hydrogen-bond acceptors (Lipinski definition) is 3. The van der Waals surface area contributed by atoms with Crippen molar-refractivity contribution in [1.82, 2.24) is 5.32 Å². The molecule has 1 saturated heterocycles. The normalized spacial score (nSPS) is 26.3. The zero-order valence-electron chi connectivity index (χ0n) is 14.9.